The van der Waals surface area contributed by atoms with Crippen LogP contribution in [0.4, 0.5) is 5.69 Å². The standard InChI is InChI=1S/C21H19Cl2N3O3/c1-3-29-15-9-7-14(8-10-15)17-11-12-19(27)26(25-17)13(2)21(28)24-18-6-4-5-16(22)20(18)23/h4-13H,3H2,1-2H3,(H,24,28). The molecule has 1 heterocycles. The summed E-state index contributed by atoms with van der Waals surface area (Å²) in [4.78, 5) is 25.0. The number of anilines is 1. The third kappa shape index (κ3) is 4.78. The highest BCUT2D eigenvalue weighted by molar-refractivity contribution is 6.44. The molecule has 6 nitrogen and oxygen atoms in total. The molecular formula is C21H19Cl2N3O3. The van der Waals surface area contributed by atoms with E-state index in [1.807, 2.05) is 31.2 Å². The van der Waals surface area contributed by atoms with Crippen molar-refractivity contribution in [2.45, 2.75) is 19.9 Å². The highest BCUT2D eigenvalue weighted by Crippen LogP contribution is 2.30. The van der Waals surface area contributed by atoms with Gasteiger partial charge in [-0.05, 0) is 56.3 Å². The van der Waals surface area contributed by atoms with Crippen molar-refractivity contribution in [2.75, 3.05) is 11.9 Å². The number of hydrogen-bond acceptors (Lipinski definition) is 4. The van der Waals surface area contributed by atoms with E-state index in [0.717, 1.165) is 16.0 Å². The Hall–Kier alpha value is -2.83. The molecule has 0 radical (unpaired) electrons. The van der Waals surface area contributed by atoms with E-state index in [-0.39, 0.29) is 10.6 Å². The van der Waals surface area contributed by atoms with Gasteiger partial charge in [0.15, 0.2) is 0 Å². The maximum Gasteiger partial charge on any atom is 0.267 e. The molecule has 3 rings (SSSR count). The summed E-state index contributed by atoms with van der Waals surface area (Å²) in [7, 11) is 0. The maximum atomic E-state index is 12.7. The average molecular weight is 432 g/mol. The van der Waals surface area contributed by atoms with Gasteiger partial charge in [-0.1, -0.05) is 29.3 Å². The molecule has 2 aromatic carbocycles. The second kappa shape index (κ2) is 9.11. The van der Waals surface area contributed by atoms with Crippen LogP contribution in [0.2, 0.25) is 10.0 Å². The Balaban J connectivity index is 1.85. The third-order valence-corrected chi connectivity index (χ3v) is 5.06. The Morgan fingerprint density at radius 2 is 1.86 bits per heavy atom. The fourth-order valence-electron chi connectivity index (χ4n) is 2.69. The number of nitrogens with one attached hydrogen (secondary N) is 1. The van der Waals surface area contributed by atoms with Crippen LogP contribution in [0.15, 0.2) is 59.4 Å². The number of rotatable bonds is 6. The normalized spacial score (nSPS) is 11.7. The van der Waals surface area contributed by atoms with Crippen molar-refractivity contribution in [2.24, 2.45) is 0 Å². The first-order valence-electron chi connectivity index (χ1n) is 8.98. The average Bonchev–Trinajstić information content (AvgIpc) is 2.72. The fourth-order valence-corrected chi connectivity index (χ4v) is 3.04. The molecule has 0 saturated carbocycles. The minimum absolute atomic E-state index is 0.234. The number of ether oxygens (including phenoxy) is 1. The molecule has 1 amide bonds. The van der Waals surface area contributed by atoms with Gasteiger partial charge in [0, 0.05) is 11.6 Å². The molecule has 0 spiro atoms. The molecular weight excluding hydrogens is 413 g/mol. The molecule has 0 aliphatic carbocycles. The number of hydrogen-bond donors (Lipinski definition) is 1. The molecule has 0 saturated heterocycles. The maximum absolute atomic E-state index is 12.7. The minimum atomic E-state index is -0.861. The van der Waals surface area contributed by atoms with E-state index in [1.165, 1.54) is 6.07 Å². The van der Waals surface area contributed by atoms with E-state index in [4.69, 9.17) is 27.9 Å². The summed E-state index contributed by atoms with van der Waals surface area (Å²) in [6.45, 7) is 4.07. The number of carbonyl (C=O) groups is 1. The van der Waals surface area contributed by atoms with Gasteiger partial charge >= 0.3 is 0 Å². The van der Waals surface area contributed by atoms with Crippen molar-refractivity contribution in [3.05, 3.63) is 75.0 Å². The predicted molar refractivity (Wildman–Crippen MR) is 115 cm³/mol. The van der Waals surface area contributed by atoms with Crippen molar-refractivity contribution < 1.29 is 9.53 Å². The Kier molecular flexibility index (Phi) is 6.56. The monoisotopic (exact) mass is 431 g/mol. The molecule has 1 N–H and O–H groups in total. The predicted octanol–water partition coefficient (Wildman–Crippen LogP) is 4.82. The smallest absolute Gasteiger partial charge is 0.267 e. The van der Waals surface area contributed by atoms with Crippen LogP contribution in [-0.4, -0.2) is 22.3 Å². The van der Waals surface area contributed by atoms with Gasteiger partial charge in [0.1, 0.15) is 11.8 Å². The lowest BCUT2D eigenvalue weighted by Gasteiger charge is -2.16. The van der Waals surface area contributed by atoms with Crippen molar-refractivity contribution in [1.82, 2.24) is 9.78 Å². The van der Waals surface area contributed by atoms with Crippen LogP contribution >= 0.6 is 23.2 Å². The molecule has 29 heavy (non-hydrogen) atoms. The second-order valence-electron chi connectivity index (χ2n) is 6.23. The molecule has 1 atom stereocenters. The summed E-state index contributed by atoms with van der Waals surface area (Å²) in [5.41, 5.74) is 1.34. The SMILES string of the molecule is CCOc1ccc(-c2ccc(=O)n(C(C)C(=O)Nc3cccc(Cl)c3Cl)n2)cc1. The van der Waals surface area contributed by atoms with Crippen LogP contribution in [0.5, 0.6) is 5.75 Å². The summed E-state index contributed by atoms with van der Waals surface area (Å²) in [6, 6.07) is 14.4. The second-order valence-corrected chi connectivity index (χ2v) is 7.01. The number of aromatic nitrogens is 2. The summed E-state index contributed by atoms with van der Waals surface area (Å²) < 4.78 is 6.57. The first kappa shape index (κ1) is 20.9. The lowest BCUT2D eigenvalue weighted by atomic mass is 10.1. The van der Waals surface area contributed by atoms with Crippen LogP contribution in [0, 0.1) is 0 Å². The van der Waals surface area contributed by atoms with Gasteiger partial charge < -0.3 is 10.1 Å². The highest BCUT2D eigenvalue weighted by atomic mass is 35.5. The van der Waals surface area contributed by atoms with E-state index in [1.54, 1.807) is 31.2 Å². The van der Waals surface area contributed by atoms with Crippen LogP contribution in [-0.2, 0) is 4.79 Å². The summed E-state index contributed by atoms with van der Waals surface area (Å²) in [5, 5.41) is 7.61. The summed E-state index contributed by atoms with van der Waals surface area (Å²) in [6.07, 6.45) is 0. The van der Waals surface area contributed by atoms with Gasteiger partial charge in [-0.25, -0.2) is 4.68 Å². The quantitative estimate of drug-likeness (QED) is 0.607. The van der Waals surface area contributed by atoms with E-state index >= 15 is 0 Å². The van der Waals surface area contributed by atoms with Gasteiger partial charge in [0.2, 0.25) is 5.91 Å². The summed E-state index contributed by atoms with van der Waals surface area (Å²) in [5.74, 6) is 0.309. The van der Waals surface area contributed by atoms with E-state index in [0.29, 0.717) is 23.0 Å². The van der Waals surface area contributed by atoms with Gasteiger partial charge in [-0.15, -0.1) is 0 Å². The lowest BCUT2D eigenvalue weighted by Crippen LogP contribution is -2.33. The highest BCUT2D eigenvalue weighted by Gasteiger charge is 2.19. The largest absolute Gasteiger partial charge is 0.494 e. The molecule has 3 aromatic rings. The first-order valence-corrected chi connectivity index (χ1v) is 9.74. The summed E-state index contributed by atoms with van der Waals surface area (Å²) >= 11 is 12.1. The van der Waals surface area contributed by atoms with Crippen LogP contribution in [0.3, 0.4) is 0 Å². The van der Waals surface area contributed by atoms with Gasteiger partial charge in [0.25, 0.3) is 5.56 Å². The molecule has 0 aliphatic heterocycles. The number of nitrogens with zero attached hydrogens (tertiary/aromatic N) is 2. The van der Waals surface area contributed by atoms with E-state index < -0.39 is 11.9 Å². The zero-order valence-corrected chi connectivity index (χ0v) is 17.4. The molecule has 0 fully saturated rings. The van der Waals surface area contributed by atoms with Crippen molar-refractivity contribution >= 4 is 34.8 Å². The third-order valence-electron chi connectivity index (χ3n) is 4.24. The Labute approximate surface area is 178 Å². The number of benzene rings is 2. The van der Waals surface area contributed by atoms with Crippen LogP contribution in [0.25, 0.3) is 11.3 Å². The zero-order chi connectivity index (χ0) is 21.0. The van der Waals surface area contributed by atoms with Gasteiger partial charge in [0.05, 0.1) is 28.0 Å². The lowest BCUT2D eigenvalue weighted by molar-refractivity contribution is -0.119. The van der Waals surface area contributed by atoms with Gasteiger partial charge in [-0.2, -0.15) is 5.10 Å². The van der Waals surface area contributed by atoms with Crippen molar-refractivity contribution in [1.29, 1.82) is 0 Å². The zero-order valence-electron chi connectivity index (χ0n) is 15.9. The van der Waals surface area contributed by atoms with Crippen LogP contribution < -0.4 is 15.6 Å². The molecule has 150 valence electrons. The van der Waals surface area contributed by atoms with E-state index in [2.05, 4.69) is 10.4 Å². The Morgan fingerprint density at radius 3 is 2.55 bits per heavy atom. The van der Waals surface area contributed by atoms with Crippen molar-refractivity contribution in [3.63, 3.8) is 0 Å². The molecule has 8 heteroatoms. The van der Waals surface area contributed by atoms with Gasteiger partial charge in [-0.3, -0.25) is 9.59 Å². The van der Waals surface area contributed by atoms with Crippen molar-refractivity contribution in [3.8, 4) is 17.0 Å². The Bertz CT molecular complexity index is 1080. The molecule has 1 aromatic heterocycles. The first-order chi connectivity index (χ1) is 13.9. The van der Waals surface area contributed by atoms with E-state index in [9.17, 15) is 9.59 Å². The number of carbonyl (C=O) groups excluding carboxylic acids is 1. The van der Waals surface area contributed by atoms with Crippen LogP contribution in [0.1, 0.15) is 19.9 Å². The minimum Gasteiger partial charge on any atom is -0.494 e. The molecule has 1 unspecified atom stereocenters. The number of halogens is 2. The molecule has 0 aliphatic rings. The molecule has 0 bridgehead atoms. The number of amides is 1. The Morgan fingerprint density at radius 1 is 1.14 bits per heavy atom. The fraction of sp³-hybridized carbons (Fsp3) is 0.190. The topological polar surface area (TPSA) is 73.2 Å².